The molecular formula is C26H28N2O4S. The Kier molecular flexibility index (Phi) is 6.28. The number of benzene rings is 3. The van der Waals surface area contributed by atoms with Crippen molar-refractivity contribution in [1.29, 1.82) is 0 Å². The molecule has 3 N–H and O–H groups in total. The van der Waals surface area contributed by atoms with E-state index in [-0.39, 0.29) is 22.6 Å². The van der Waals surface area contributed by atoms with Crippen LogP contribution in [0.2, 0.25) is 0 Å². The first-order valence-electron chi connectivity index (χ1n) is 11.0. The molecule has 0 radical (unpaired) electrons. The third-order valence-corrected chi connectivity index (χ3v) is 7.25. The first-order valence-corrected chi connectivity index (χ1v) is 12.4. The second-order valence-corrected chi connectivity index (χ2v) is 10.5. The Bertz CT molecular complexity index is 1280. The van der Waals surface area contributed by atoms with E-state index in [0.717, 1.165) is 11.1 Å². The Morgan fingerprint density at radius 2 is 1.79 bits per heavy atom. The number of anilines is 2. The van der Waals surface area contributed by atoms with E-state index < -0.39 is 16.1 Å². The Morgan fingerprint density at radius 3 is 2.45 bits per heavy atom. The number of aryl methyl sites for hydroxylation is 1. The Labute approximate surface area is 194 Å². The monoisotopic (exact) mass is 464 g/mol. The van der Waals surface area contributed by atoms with Crippen molar-refractivity contribution < 1.29 is 18.3 Å². The number of aliphatic hydroxyl groups is 1. The number of aliphatic hydroxyl groups excluding tert-OH is 1. The molecule has 0 saturated carbocycles. The summed E-state index contributed by atoms with van der Waals surface area (Å²) in [6, 6.07) is 19.2. The third-order valence-electron chi connectivity index (χ3n) is 5.87. The molecule has 0 fully saturated rings. The van der Waals surface area contributed by atoms with Crippen LogP contribution in [0, 0.1) is 12.8 Å². The van der Waals surface area contributed by atoms with Crippen LogP contribution in [-0.2, 0) is 10.0 Å². The highest BCUT2D eigenvalue weighted by Crippen LogP contribution is 2.40. The molecule has 1 aliphatic rings. The fourth-order valence-corrected chi connectivity index (χ4v) is 5.15. The molecule has 4 rings (SSSR count). The molecule has 33 heavy (non-hydrogen) atoms. The predicted octanol–water partition coefficient (Wildman–Crippen LogP) is 5.22. The lowest BCUT2D eigenvalue weighted by Crippen LogP contribution is -2.22. The van der Waals surface area contributed by atoms with E-state index in [1.54, 1.807) is 24.3 Å². The lowest BCUT2D eigenvalue weighted by molar-refractivity contribution is 0.0939. The van der Waals surface area contributed by atoms with Crippen molar-refractivity contribution in [3.8, 4) is 0 Å². The molecule has 1 aliphatic heterocycles. The zero-order valence-electron chi connectivity index (χ0n) is 18.9. The van der Waals surface area contributed by atoms with Crippen LogP contribution in [0.4, 0.5) is 11.4 Å². The molecule has 172 valence electrons. The summed E-state index contributed by atoms with van der Waals surface area (Å²) in [4.78, 5) is 12.3. The highest BCUT2D eigenvalue weighted by molar-refractivity contribution is 7.92. The molecule has 7 heteroatoms. The minimum absolute atomic E-state index is 0.0665. The molecule has 1 heterocycles. The highest BCUT2D eigenvalue weighted by Gasteiger charge is 2.28. The number of fused-ring (bicyclic) bond motifs is 1. The third kappa shape index (κ3) is 4.94. The van der Waals surface area contributed by atoms with Gasteiger partial charge in [0.05, 0.1) is 17.0 Å². The molecular weight excluding hydrogens is 436 g/mol. The topological polar surface area (TPSA) is 95.5 Å². The van der Waals surface area contributed by atoms with Gasteiger partial charge < -0.3 is 10.4 Å². The number of nitrogens with one attached hydrogen (secondary N) is 2. The molecule has 0 saturated heterocycles. The van der Waals surface area contributed by atoms with Crippen molar-refractivity contribution in [2.45, 2.75) is 44.2 Å². The van der Waals surface area contributed by atoms with Gasteiger partial charge in [-0.25, -0.2) is 8.42 Å². The molecule has 0 amide bonds. The molecule has 2 atom stereocenters. The second kappa shape index (κ2) is 9.00. The molecule has 2 unspecified atom stereocenters. The van der Waals surface area contributed by atoms with Gasteiger partial charge in [0.2, 0.25) is 0 Å². The van der Waals surface area contributed by atoms with Gasteiger partial charge in [-0.1, -0.05) is 50.2 Å². The van der Waals surface area contributed by atoms with Gasteiger partial charge in [0.1, 0.15) is 0 Å². The summed E-state index contributed by atoms with van der Waals surface area (Å²) in [6.07, 6.45) is -0.434. The lowest BCUT2D eigenvalue weighted by Gasteiger charge is -2.31. The predicted molar refractivity (Wildman–Crippen MR) is 130 cm³/mol. The fraction of sp³-hybridized carbons (Fsp3) is 0.269. The van der Waals surface area contributed by atoms with E-state index in [1.165, 1.54) is 12.1 Å². The molecule has 6 nitrogen and oxygen atoms in total. The maximum Gasteiger partial charge on any atom is 0.261 e. The number of hydrogen-bond acceptors (Lipinski definition) is 5. The minimum Gasteiger partial charge on any atom is -0.388 e. The van der Waals surface area contributed by atoms with Crippen LogP contribution in [0.15, 0.2) is 71.6 Å². The zero-order valence-corrected chi connectivity index (χ0v) is 19.7. The van der Waals surface area contributed by atoms with Crippen molar-refractivity contribution >= 4 is 27.2 Å². The van der Waals surface area contributed by atoms with Gasteiger partial charge in [-0.05, 0) is 48.4 Å². The summed E-state index contributed by atoms with van der Waals surface area (Å²) in [5, 5.41) is 14.2. The summed E-state index contributed by atoms with van der Waals surface area (Å²) in [5.41, 5.74) is 4.30. The number of carbonyl (C=O) groups excluding carboxylic acids is 1. The first-order chi connectivity index (χ1) is 15.6. The van der Waals surface area contributed by atoms with E-state index in [4.69, 9.17) is 0 Å². The van der Waals surface area contributed by atoms with Gasteiger partial charge in [0.15, 0.2) is 5.78 Å². The molecule has 0 aliphatic carbocycles. The summed E-state index contributed by atoms with van der Waals surface area (Å²) in [5.74, 6) is 0.0276. The first kappa shape index (κ1) is 23.0. The van der Waals surface area contributed by atoms with E-state index in [0.29, 0.717) is 28.9 Å². The van der Waals surface area contributed by atoms with Gasteiger partial charge in [-0.15, -0.1) is 0 Å². The van der Waals surface area contributed by atoms with Crippen molar-refractivity contribution in [2.75, 3.05) is 10.0 Å². The van der Waals surface area contributed by atoms with Gasteiger partial charge in [-0.3, -0.25) is 9.52 Å². The van der Waals surface area contributed by atoms with Crippen molar-refractivity contribution in [1.82, 2.24) is 0 Å². The fourth-order valence-electron chi connectivity index (χ4n) is 4.07. The van der Waals surface area contributed by atoms with Crippen LogP contribution >= 0.6 is 0 Å². The minimum atomic E-state index is -3.79. The summed E-state index contributed by atoms with van der Waals surface area (Å²) >= 11 is 0. The SMILES string of the molecule is Cc1cccc(NS(=O)(=O)c2ccc3c(c2)C(O)CC(c2ccc(C(=O)C(C)C)cc2)N3)c1. The lowest BCUT2D eigenvalue weighted by atomic mass is 9.90. The van der Waals surface area contributed by atoms with Gasteiger partial charge in [0.25, 0.3) is 10.0 Å². The van der Waals surface area contributed by atoms with Crippen LogP contribution in [0.1, 0.15) is 59.5 Å². The molecule has 3 aromatic carbocycles. The smallest absolute Gasteiger partial charge is 0.261 e. The van der Waals surface area contributed by atoms with Crippen molar-refractivity contribution in [3.05, 3.63) is 89.0 Å². The van der Waals surface area contributed by atoms with Gasteiger partial charge >= 0.3 is 0 Å². The number of sulfonamides is 1. The van der Waals surface area contributed by atoms with Crippen molar-refractivity contribution in [2.24, 2.45) is 5.92 Å². The normalized spacial score (nSPS) is 17.8. The highest BCUT2D eigenvalue weighted by atomic mass is 32.2. The average molecular weight is 465 g/mol. The molecule has 0 spiro atoms. The average Bonchev–Trinajstić information content (AvgIpc) is 2.78. The number of carbonyl (C=O) groups is 1. The van der Waals surface area contributed by atoms with Crippen LogP contribution in [0.5, 0.6) is 0 Å². The van der Waals surface area contributed by atoms with Crippen LogP contribution < -0.4 is 10.0 Å². The quantitative estimate of drug-likeness (QED) is 0.435. The largest absolute Gasteiger partial charge is 0.388 e. The van der Waals surface area contributed by atoms with E-state index >= 15 is 0 Å². The van der Waals surface area contributed by atoms with Crippen molar-refractivity contribution in [3.63, 3.8) is 0 Å². The van der Waals surface area contributed by atoms with E-state index in [2.05, 4.69) is 10.0 Å². The summed E-state index contributed by atoms with van der Waals surface area (Å²) in [6.45, 7) is 5.64. The molecule has 0 bridgehead atoms. The Morgan fingerprint density at radius 1 is 1.06 bits per heavy atom. The number of ketones is 1. The summed E-state index contributed by atoms with van der Waals surface area (Å²) in [7, 11) is -3.79. The van der Waals surface area contributed by atoms with E-state index in [1.807, 2.05) is 51.1 Å². The van der Waals surface area contributed by atoms with Gasteiger partial charge in [0, 0.05) is 34.8 Å². The number of hydrogen-bond donors (Lipinski definition) is 3. The van der Waals surface area contributed by atoms with Crippen LogP contribution in [-0.4, -0.2) is 19.3 Å². The van der Waals surface area contributed by atoms with Gasteiger partial charge in [-0.2, -0.15) is 0 Å². The van der Waals surface area contributed by atoms with Crippen LogP contribution in [0.25, 0.3) is 0 Å². The Balaban J connectivity index is 1.55. The zero-order chi connectivity index (χ0) is 23.8. The second-order valence-electron chi connectivity index (χ2n) is 8.81. The number of rotatable bonds is 6. The molecule has 3 aromatic rings. The maximum atomic E-state index is 12.9. The number of Topliss-reactive ketones (excluding diaryl/α,β-unsaturated/α-hetero) is 1. The Hall–Kier alpha value is -3.16. The maximum absolute atomic E-state index is 12.9. The van der Waals surface area contributed by atoms with E-state index in [9.17, 15) is 18.3 Å². The molecule has 0 aromatic heterocycles. The summed E-state index contributed by atoms with van der Waals surface area (Å²) < 4.78 is 28.4. The standard InChI is InChI=1S/C26H28N2O4S/c1-16(2)26(30)19-9-7-18(8-10-19)24-15-25(29)22-14-21(11-12-23(22)27-24)33(31,32)28-20-6-4-5-17(3)13-20/h4-14,16,24-25,27-29H,15H2,1-3H3. The van der Waals surface area contributed by atoms with Crippen LogP contribution in [0.3, 0.4) is 0 Å².